The van der Waals surface area contributed by atoms with E-state index < -0.39 is 10.0 Å². The number of nitrogen functional groups attached to an aromatic ring is 1. The summed E-state index contributed by atoms with van der Waals surface area (Å²) in [6, 6.07) is 6.92. The molecule has 6 nitrogen and oxygen atoms in total. The standard InChI is InChI=1S/C9H14N4O2S/c1-11-9(13-16(2,14)15)12-8-5-3-4-7(10)6-8/h3-6H,10H2,1-2H3,(H2,11,12,13). The highest BCUT2D eigenvalue weighted by molar-refractivity contribution is 7.89. The van der Waals surface area contributed by atoms with E-state index in [0.717, 1.165) is 6.26 Å². The van der Waals surface area contributed by atoms with Crippen LogP contribution >= 0.6 is 0 Å². The Bertz CT molecular complexity index is 496. The summed E-state index contributed by atoms with van der Waals surface area (Å²) in [6.07, 6.45) is 1.02. The maximum Gasteiger partial charge on any atom is 0.253 e. The molecule has 0 saturated heterocycles. The summed E-state index contributed by atoms with van der Waals surface area (Å²) < 4.78 is 25.4. The van der Waals surface area contributed by atoms with Gasteiger partial charge in [0.1, 0.15) is 0 Å². The van der Waals surface area contributed by atoms with Gasteiger partial charge in [-0.15, -0.1) is 4.40 Å². The third-order valence-electron chi connectivity index (χ3n) is 1.64. The third kappa shape index (κ3) is 4.18. The lowest BCUT2D eigenvalue weighted by Gasteiger charge is -2.08. The number of hydrogen-bond acceptors (Lipinski definition) is 3. The molecule has 0 atom stereocenters. The summed E-state index contributed by atoms with van der Waals surface area (Å²) in [5.74, 6) is 0.146. The van der Waals surface area contributed by atoms with Crippen LogP contribution in [0.25, 0.3) is 0 Å². The summed E-state index contributed by atoms with van der Waals surface area (Å²) in [6.45, 7) is 0. The van der Waals surface area contributed by atoms with Crippen molar-refractivity contribution >= 4 is 27.4 Å². The van der Waals surface area contributed by atoms with Crippen molar-refractivity contribution < 1.29 is 8.42 Å². The van der Waals surface area contributed by atoms with Crippen LogP contribution in [0.3, 0.4) is 0 Å². The molecule has 0 aromatic heterocycles. The van der Waals surface area contributed by atoms with Crippen molar-refractivity contribution in [2.75, 3.05) is 24.4 Å². The van der Waals surface area contributed by atoms with Crippen LogP contribution in [0.15, 0.2) is 28.7 Å². The van der Waals surface area contributed by atoms with Crippen LogP contribution in [-0.4, -0.2) is 27.7 Å². The molecule has 0 aliphatic heterocycles. The molecule has 88 valence electrons. The second-order valence-corrected chi connectivity index (χ2v) is 4.82. The van der Waals surface area contributed by atoms with Crippen LogP contribution in [0.5, 0.6) is 0 Å². The number of sulfonamides is 1. The van der Waals surface area contributed by atoms with Gasteiger partial charge in [0.2, 0.25) is 5.96 Å². The Morgan fingerprint density at radius 3 is 2.62 bits per heavy atom. The molecule has 0 amide bonds. The molecule has 0 spiro atoms. The monoisotopic (exact) mass is 242 g/mol. The Morgan fingerprint density at radius 1 is 1.44 bits per heavy atom. The predicted molar refractivity (Wildman–Crippen MR) is 65.8 cm³/mol. The van der Waals surface area contributed by atoms with Gasteiger partial charge in [0.15, 0.2) is 0 Å². The average Bonchev–Trinajstić information content (AvgIpc) is 2.14. The number of nitrogens with two attached hydrogens (primary N) is 1. The first-order valence-corrected chi connectivity index (χ1v) is 6.36. The Hall–Kier alpha value is -1.76. The zero-order valence-corrected chi connectivity index (χ0v) is 9.88. The van der Waals surface area contributed by atoms with Gasteiger partial charge in [0.05, 0.1) is 6.26 Å². The van der Waals surface area contributed by atoms with Gasteiger partial charge in [0.25, 0.3) is 10.0 Å². The van der Waals surface area contributed by atoms with E-state index in [4.69, 9.17) is 5.73 Å². The van der Waals surface area contributed by atoms with Gasteiger partial charge in [-0.25, -0.2) is 8.42 Å². The van der Waals surface area contributed by atoms with E-state index in [9.17, 15) is 8.42 Å². The summed E-state index contributed by atoms with van der Waals surface area (Å²) in [4.78, 5) is 0. The summed E-state index contributed by atoms with van der Waals surface area (Å²) >= 11 is 0. The molecule has 1 aromatic carbocycles. The molecule has 0 saturated carbocycles. The van der Waals surface area contributed by atoms with Gasteiger partial charge >= 0.3 is 0 Å². The highest BCUT2D eigenvalue weighted by atomic mass is 32.2. The second kappa shape index (κ2) is 4.84. The average molecular weight is 242 g/mol. The fourth-order valence-electron chi connectivity index (χ4n) is 1.05. The van der Waals surface area contributed by atoms with Crippen LogP contribution in [0.4, 0.5) is 11.4 Å². The summed E-state index contributed by atoms with van der Waals surface area (Å²) in [5.41, 5.74) is 6.83. The van der Waals surface area contributed by atoms with E-state index in [1.54, 1.807) is 31.3 Å². The van der Waals surface area contributed by atoms with E-state index in [1.165, 1.54) is 0 Å². The van der Waals surface area contributed by atoms with Crippen molar-refractivity contribution in [3.05, 3.63) is 24.3 Å². The van der Waals surface area contributed by atoms with Gasteiger partial charge in [-0.05, 0) is 18.2 Å². The molecule has 0 bridgehead atoms. The van der Waals surface area contributed by atoms with Gasteiger partial charge in [0, 0.05) is 18.4 Å². The van der Waals surface area contributed by atoms with E-state index in [-0.39, 0.29) is 5.96 Å². The maximum atomic E-state index is 11.0. The van der Waals surface area contributed by atoms with Crippen molar-refractivity contribution in [3.8, 4) is 0 Å². The number of benzene rings is 1. The van der Waals surface area contributed by atoms with Gasteiger partial charge in [-0.3, -0.25) is 0 Å². The van der Waals surface area contributed by atoms with E-state index >= 15 is 0 Å². The smallest absolute Gasteiger partial charge is 0.253 e. The van der Waals surface area contributed by atoms with E-state index in [0.29, 0.717) is 11.4 Å². The first kappa shape index (κ1) is 12.3. The van der Waals surface area contributed by atoms with Gasteiger partial charge in [-0.2, -0.15) is 0 Å². The van der Waals surface area contributed by atoms with Gasteiger partial charge in [-0.1, -0.05) is 6.07 Å². The third-order valence-corrected chi connectivity index (χ3v) is 2.16. The van der Waals surface area contributed by atoms with Crippen molar-refractivity contribution in [1.29, 1.82) is 0 Å². The van der Waals surface area contributed by atoms with Gasteiger partial charge < -0.3 is 16.4 Å². The predicted octanol–water partition coefficient (Wildman–Crippen LogP) is 0.216. The SMILES string of the molecule is CNC(=NS(C)(=O)=O)Nc1cccc(N)c1. The first-order valence-electron chi connectivity index (χ1n) is 4.51. The summed E-state index contributed by atoms with van der Waals surface area (Å²) in [7, 11) is -1.86. The number of anilines is 2. The number of rotatable bonds is 2. The Kier molecular flexibility index (Phi) is 3.73. The largest absolute Gasteiger partial charge is 0.399 e. The number of nitrogens with zero attached hydrogens (tertiary/aromatic N) is 1. The highest BCUT2D eigenvalue weighted by Gasteiger charge is 2.03. The lowest BCUT2D eigenvalue weighted by Crippen LogP contribution is -2.28. The zero-order chi connectivity index (χ0) is 12.2. The molecule has 1 rings (SSSR count). The minimum atomic E-state index is -3.43. The van der Waals surface area contributed by atoms with Crippen LogP contribution < -0.4 is 16.4 Å². The molecule has 0 aliphatic carbocycles. The lowest BCUT2D eigenvalue weighted by molar-refractivity contribution is 0.603. The number of hydrogen-bond donors (Lipinski definition) is 3. The topological polar surface area (TPSA) is 96.6 Å². The molecular formula is C9H14N4O2S. The van der Waals surface area contributed by atoms with E-state index in [2.05, 4.69) is 15.0 Å². The van der Waals surface area contributed by atoms with Crippen molar-refractivity contribution in [1.82, 2.24) is 5.32 Å². The number of nitrogens with one attached hydrogen (secondary N) is 2. The van der Waals surface area contributed by atoms with Crippen LogP contribution in [0.2, 0.25) is 0 Å². The Labute approximate surface area is 94.6 Å². The molecule has 0 fully saturated rings. The Balaban J connectivity index is 2.91. The molecule has 0 unspecified atom stereocenters. The molecule has 0 aliphatic rings. The Morgan fingerprint density at radius 2 is 2.12 bits per heavy atom. The van der Waals surface area contributed by atoms with E-state index in [1.807, 2.05) is 0 Å². The van der Waals surface area contributed by atoms with Crippen LogP contribution in [0, 0.1) is 0 Å². The minimum Gasteiger partial charge on any atom is -0.399 e. The molecule has 16 heavy (non-hydrogen) atoms. The summed E-state index contributed by atoms with van der Waals surface area (Å²) in [5, 5.41) is 5.45. The molecular weight excluding hydrogens is 228 g/mol. The van der Waals surface area contributed by atoms with Crippen LogP contribution in [-0.2, 0) is 10.0 Å². The van der Waals surface area contributed by atoms with Crippen molar-refractivity contribution in [3.63, 3.8) is 0 Å². The zero-order valence-electron chi connectivity index (χ0n) is 9.06. The second-order valence-electron chi connectivity index (χ2n) is 3.17. The lowest BCUT2D eigenvalue weighted by atomic mass is 10.3. The van der Waals surface area contributed by atoms with Crippen molar-refractivity contribution in [2.45, 2.75) is 0 Å². The fourth-order valence-corrected chi connectivity index (χ4v) is 1.52. The quantitative estimate of drug-likeness (QED) is 0.391. The molecule has 4 N–H and O–H groups in total. The highest BCUT2D eigenvalue weighted by Crippen LogP contribution is 2.11. The molecule has 0 radical (unpaired) electrons. The maximum absolute atomic E-state index is 11.0. The molecule has 0 heterocycles. The fraction of sp³-hybridized carbons (Fsp3) is 0.222. The first-order chi connectivity index (χ1) is 7.40. The van der Waals surface area contributed by atoms with Crippen molar-refractivity contribution in [2.24, 2.45) is 4.40 Å². The number of guanidine groups is 1. The van der Waals surface area contributed by atoms with Crippen LogP contribution in [0.1, 0.15) is 0 Å². The molecule has 1 aromatic rings. The minimum absolute atomic E-state index is 0.146. The molecule has 7 heteroatoms. The normalized spacial score (nSPS) is 12.2.